The number of amides is 1. The first-order valence-electron chi connectivity index (χ1n) is 8.41. The summed E-state index contributed by atoms with van der Waals surface area (Å²) in [7, 11) is 0. The van der Waals surface area contributed by atoms with Gasteiger partial charge in [-0.1, -0.05) is 48.5 Å². The molecule has 0 spiro atoms. The Bertz CT molecular complexity index is 713. The third-order valence-corrected chi connectivity index (χ3v) is 3.89. The normalized spacial score (nSPS) is 15.7. The van der Waals surface area contributed by atoms with Crippen LogP contribution in [0.5, 0.6) is 5.75 Å². The van der Waals surface area contributed by atoms with Crippen LogP contribution in [0.1, 0.15) is 31.4 Å². The van der Waals surface area contributed by atoms with Crippen molar-refractivity contribution in [1.29, 1.82) is 0 Å². The summed E-state index contributed by atoms with van der Waals surface area (Å²) in [5, 5.41) is 2.89. The predicted octanol–water partition coefficient (Wildman–Crippen LogP) is 3.02. The van der Waals surface area contributed by atoms with E-state index < -0.39 is 18.2 Å². The first kappa shape index (κ1) is 17.0. The van der Waals surface area contributed by atoms with Gasteiger partial charge in [-0.25, -0.2) is 4.79 Å². The second kappa shape index (κ2) is 7.83. The molecule has 1 aliphatic carbocycles. The molecular formula is C20H21NO4. The van der Waals surface area contributed by atoms with Gasteiger partial charge in [0.1, 0.15) is 5.75 Å². The molecule has 2 aromatic rings. The molecule has 1 amide bonds. The number of ether oxygens (including phenoxy) is 2. The predicted molar refractivity (Wildman–Crippen MR) is 93.0 cm³/mol. The zero-order chi connectivity index (χ0) is 17.6. The lowest BCUT2D eigenvalue weighted by molar-refractivity contribution is -0.162. The minimum Gasteiger partial charge on any atom is -0.479 e. The topological polar surface area (TPSA) is 64.6 Å². The van der Waals surface area contributed by atoms with Crippen LogP contribution in [0.25, 0.3) is 0 Å². The molecule has 0 bridgehead atoms. The van der Waals surface area contributed by atoms with E-state index in [1.54, 1.807) is 31.2 Å². The van der Waals surface area contributed by atoms with E-state index in [0.29, 0.717) is 11.3 Å². The van der Waals surface area contributed by atoms with Gasteiger partial charge in [0.25, 0.3) is 5.91 Å². The molecule has 3 rings (SSSR count). The van der Waals surface area contributed by atoms with Crippen molar-refractivity contribution in [3.05, 3.63) is 66.2 Å². The maximum Gasteiger partial charge on any atom is 0.348 e. The van der Waals surface area contributed by atoms with Crippen molar-refractivity contribution in [2.75, 3.05) is 0 Å². The molecule has 1 N–H and O–H groups in total. The zero-order valence-electron chi connectivity index (χ0n) is 14.1. The molecule has 0 radical (unpaired) electrons. The third kappa shape index (κ3) is 4.83. The first-order chi connectivity index (χ1) is 12.1. The van der Waals surface area contributed by atoms with E-state index in [-0.39, 0.29) is 11.9 Å². The average Bonchev–Trinajstić information content (AvgIpc) is 3.45. The Balaban J connectivity index is 1.68. The van der Waals surface area contributed by atoms with E-state index in [4.69, 9.17) is 9.47 Å². The Labute approximate surface area is 147 Å². The number of nitrogens with one attached hydrogen (secondary N) is 1. The molecule has 1 aliphatic rings. The van der Waals surface area contributed by atoms with Crippen LogP contribution in [0, 0.1) is 0 Å². The first-order valence-corrected chi connectivity index (χ1v) is 8.41. The highest BCUT2D eigenvalue weighted by molar-refractivity contribution is 5.86. The van der Waals surface area contributed by atoms with Crippen molar-refractivity contribution < 1.29 is 19.1 Å². The summed E-state index contributed by atoms with van der Waals surface area (Å²) < 4.78 is 11.1. The Kier molecular flexibility index (Phi) is 5.33. The van der Waals surface area contributed by atoms with Gasteiger partial charge in [0.15, 0.2) is 6.10 Å². The van der Waals surface area contributed by atoms with Crippen molar-refractivity contribution in [2.45, 2.75) is 38.0 Å². The van der Waals surface area contributed by atoms with Crippen LogP contribution in [0.15, 0.2) is 60.7 Å². The molecular weight excluding hydrogens is 318 g/mol. The summed E-state index contributed by atoms with van der Waals surface area (Å²) in [5.41, 5.74) is 0.640. The number of hydrogen-bond donors (Lipinski definition) is 1. The van der Waals surface area contributed by atoms with Gasteiger partial charge in [0, 0.05) is 11.6 Å². The van der Waals surface area contributed by atoms with Gasteiger partial charge in [0.05, 0.1) is 0 Å². The number of esters is 1. The van der Waals surface area contributed by atoms with Crippen molar-refractivity contribution in [1.82, 2.24) is 5.32 Å². The highest BCUT2D eigenvalue weighted by atomic mass is 16.6. The maximum atomic E-state index is 12.5. The molecule has 0 heterocycles. The standard InChI is InChI=1S/C20H21NO4/c1-14(24-17-10-6-3-7-11-17)20(23)25-18(15-8-4-2-5-9-15)19(22)21-16-12-13-16/h2-11,14,16,18H,12-13H2,1H3,(H,21,22)/t14-,18-/m0/s1. The van der Waals surface area contributed by atoms with E-state index in [2.05, 4.69) is 5.32 Å². The van der Waals surface area contributed by atoms with Crippen LogP contribution < -0.4 is 10.1 Å². The average molecular weight is 339 g/mol. The SMILES string of the molecule is C[C@H](Oc1ccccc1)C(=O)O[C@H](C(=O)NC1CC1)c1ccccc1. The second-order valence-corrected chi connectivity index (χ2v) is 6.08. The van der Waals surface area contributed by atoms with Crippen molar-refractivity contribution >= 4 is 11.9 Å². The van der Waals surface area contributed by atoms with Crippen LogP contribution in [0.3, 0.4) is 0 Å². The van der Waals surface area contributed by atoms with Crippen LogP contribution >= 0.6 is 0 Å². The lowest BCUT2D eigenvalue weighted by atomic mass is 10.1. The summed E-state index contributed by atoms with van der Waals surface area (Å²) in [6.07, 6.45) is 0.141. The Morgan fingerprint density at radius 2 is 1.60 bits per heavy atom. The van der Waals surface area contributed by atoms with E-state index in [9.17, 15) is 9.59 Å². The molecule has 0 saturated heterocycles. The summed E-state index contributed by atoms with van der Waals surface area (Å²) in [6, 6.07) is 18.2. The fraction of sp³-hybridized carbons (Fsp3) is 0.300. The molecule has 0 aromatic heterocycles. The molecule has 1 saturated carbocycles. The highest BCUT2D eigenvalue weighted by Crippen LogP contribution is 2.24. The Hall–Kier alpha value is -2.82. The molecule has 130 valence electrons. The van der Waals surface area contributed by atoms with Gasteiger partial charge in [-0.3, -0.25) is 4.79 Å². The van der Waals surface area contributed by atoms with Gasteiger partial charge in [-0.2, -0.15) is 0 Å². The van der Waals surface area contributed by atoms with Gasteiger partial charge in [-0.05, 0) is 31.9 Å². The zero-order valence-corrected chi connectivity index (χ0v) is 14.1. The summed E-state index contributed by atoms with van der Waals surface area (Å²) >= 11 is 0. The monoisotopic (exact) mass is 339 g/mol. The summed E-state index contributed by atoms with van der Waals surface area (Å²) in [5.74, 6) is -0.303. The second-order valence-electron chi connectivity index (χ2n) is 6.08. The largest absolute Gasteiger partial charge is 0.479 e. The lowest BCUT2D eigenvalue weighted by Gasteiger charge is -2.20. The smallest absolute Gasteiger partial charge is 0.348 e. The number of hydrogen-bond acceptors (Lipinski definition) is 4. The molecule has 25 heavy (non-hydrogen) atoms. The highest BCUT2D eigenvalue weighted by Gasteiger charge is 2.32. The van der Waals surface area contributed by atoms with Gasteiger partial charge < -0.3 is 14.8 Å². The molecule has 5 nitrogen and oxygen atoms in total. The summed E-state index contributed by atoms with van der Waals surface area (Å²) in [6.45, 7) is 1.61. The lowest BCUT2D eigenvalue weighted by Crippen LogP contribution is -2.36. The van der Waals surface area contributed by atoms with Gasteiger partial charge in [0.2, 0.25) is 6.10 Å². The number of carbonyl (C=O) groups is 2. The fourth-order valence-corrected chi connectivity index (χ4v) is 2.37. The van der Waals surface area contributed by atoms with E-state index >= 15 is 0 Å². The molecule has 5 heteroatoms. The number of carbonyl (C=O) groups excluding carboxylic acids is 2. The van der Waals surface area contributed by atoms with Crippen molar-refractivity contribution in [3.8, 4) is 5.75 Å². The van der Waals surface area contributed by atoms with Crippen molar-refractivity contribution in [3.63, 3.8) is 0 Å². The van der Waals surface area contributed by atoms with E-state index in [1.165, 1.54) is 0 Å². The molecule has 0 unspecified atom stereocenters. The van der Waals surface area contributed by atoms with Gasteiger partial charge >= 0.3 is 5.97 Å². The molecule has 1 fully saturated rings. The quantitative estimate of drug-likeness (QED) is 0.788. The van der Waals surface area contributed by atoms with Crippen molar-refractivity contribution in [2.24, 2.45) is 0 Å². The van der Waals surface area contributed by atoms with Crippen LogP contribution in [-0.2, 0) is 14.3 Å². The van der Waals surface area contributed by atoms with E-state index in [0.717, 1.165) is 12.8 Å². The van der Waals surface area contributed by atoms with Crippen LogP contribution in [0.2, 0.25) is 0 Å². The number of rotatable bonds is 7. The Morgan fingerprint density at radius 3 is 2.20 bits per heavy atom. The Morgan fingerprint density at radius 1 is 1.00 bits per heavy atom. The summed E-state index contributed by atoms with van der Waals surface area (Å²) in [4.78, 5) is 24.9. The van der Waals surface area contributed by atoms with E-state index in [1.807, 2.05) is 36.4 Å². The number of para-hydroxylation sites is 1. The third-order valence-electron chi connectivity index (χ3n) is 3.89. The van der Waals surface area contributed by atoms with Crippen LogP contribution in [-0.4, -0.2) is 24.0 Å². The molecule has 2 atom stereocenters. The van der Waals surface area contributed by atoms with Crippen LogP contribution in [0.4, 0.5) is 0 Å². The minimum atomic E-state index is -0.976. The molecule has 0 aliphatic heterocycles. The fourth-order valence-electron chi connectivity index (χ4n) is 2.37. The van der Waals surface area contributed by atoms with Gasteiger partial charge in [-0.15, -0.1) is 0 Å². The molecule has 2 aromatic carbocycles. The number of benzene rings is 2. The minimum absolute atomic E-state index is 0.190. The maximum absolute atomic E-state index is 12.5.